The quantitative estimate of drug-likeness (QED) is 0.0443. The predicted octanol–water partition coefficient (Wildman–Crippen LogP) is 7.02. The van der Waals surface area contributed by atoms with E-state index in [9.17, 15) is 33.9 Å². The number of aromatic nitrogens is 6. The van der Waals surface area contributed by atoms with Gasteiger partial charge in [0.05, 0.1) is 52.4 Å². The topological polar surface area (TPSA) is 258 Å². The molecule has 0 saturated carbocycles. The fraction of sp³-hybridized carbons (Fsp3) is 0.0222. The number of benzene rings is 4. The Morgan fingerprint density at radius 1 is 0.631 bits per heavy atom. The molecule has 8 rings (SSSR count). The van der Waals surface area contributed by atoms with Gasteiger partial charge in [-0.3, -0.25) is 48.5 Å². The number of allylic oxidation sites excluding steroid dienone is 1. The third kappa shape index (κ3) is 11.3. The van der Waals surface area contributed by atoms with E-state index >= 15 is 0 Å². The van der Waals surface area contributed by atoms with Crippen molar-refractivity contribution in [1.29, 1.82) is 0 Å². The fourth-order valence-electron chi connectivity index (χ4n) is 5.91. The van der Waals surface area contributed by atoms with Crippen LogP contribution in [0.4, 0.5) is 23.3 Å². The maximum absolute atomic E-state index is 12.5. The maximum atomic E-state index is 12.5. The zero-order valence-electron chi connectivity index (χ0n) is 33.8. The molecule has 0 saturated heterocycles. The van der Waals surface area contributed by atoms with Gasteiger partial charge in [-0.1, -0.05) is 48.2 Å². The summed E-state index contributed by atoms with van der Waals surface area (Å²) in [5, 5.41) is 26.8. The fourth-order valence-corrected chi connectivity index (χ4v) is 5.91. The monoisotopic (exact) mass is 894 g/mol. The number of hydrogen-bond acceptors (Lipinski definition) is 13. The van der Waals surface area contributed by atoms with Gasteiger partial charge in [0.25, 0.3) is 11.8 Å². The second-order valence-corrected chi connectivity index (χ2v) is 13.4. The molecule has 0 spiro atoms. The van der Waals surface area contributed by atoms with Crippen LogP contribution in [0.15, 0.2) is 156 Å². The van der Waals surface area contributed by atoms with E-state index in [1.54, 1.807) is 88.0 Å². The summed E-state index contributed by atoms with van der Waals surface area (Å²) in [6.07, 6.45) is 6.84. The Morgan fingerprint density at radius 3 is 1.52 bits per heavy atom. The molecule has 5 N–H and O–H groups in total. The number of hydrogen-bond donors (Lipinski definition) is 5. The lowest BCUT2D eigenvalue weighted by Crippen LogP contribution is -2.15. The minimum Gasteiger partial charge on any atom is -0.392 e. The number of anilines is 4. The van der Waals surface area contributed by atoms with Gasteiger partial charge in [0, 0.05) is 29.1 Å². The first-order chi connectivity index (χ1) is 31.4. The van der Waals surface area contributed by atoms with Crippen molar-refractivity contribution in [2.24, 2.45) is 0 Å². The molecule has 0 radical (unpaired) electrons. The van der Waals surface area contributed by atoms with Gasteiger partial charge in [-0.05, 0) is 102 Å². The first kappa shape index (κ1) is 45.5. The largest absolute Gasteiger partial charge is 0.392 e. The highest BCUT2D eigenvalue weighted by molar-refractivity contribution is 6.66. The highest BCUT2D eigenvalue weighted by Gasteiger charge is 2.20. The molecule has 0 atom stereocenters. The Balaban J connectivity index is 0.000000195. The Kier molecular flexibility index (Phi) is 14.8. The molecule has 0 aliphatic heterocycles. The van der Waals surface area contributed by atoms with Crippen molar-refractivity contribution in [1.82, 2.24) is 29.4 Å². The summed E-state index contributed by atoms with van der Waals surface area (Å²) in [5.74, 6) is -1.22. The molecule has 4 heterocycles. The van der Waals surface area contributed by atoms with Crippen molar-refractivity contribution in [3.05, 3.63) is 170 Å². The minimum absolute atomic E-state index is 0.0224. The molecular formula is C45H35ClN10O9. The van der Waals surface area contributed by atoms with Crippen molar-refractivity contribution in [2.45, 2.75) is 6.61 Å². The highest BCUT2D eigenvalue weighted by Crippen LogP contribution is 2.29. The maximum Gasteiger partial charge on any atom is 0.296 e. The van der Waals surface area contributed by atoms with E-state index in [2.05, 4.69) is 61.3 Å². The van der Waals surface area contributed by atoms with Crippen LogP contribution in [0.2, 0.25) is 0 Å². The molecule has 65 heavy (non-hydrogen) atoms. The highest BCUT2D eigenvalue weighted by atomic mass is 35.5. The molecule has 8 aromatic rings. The molecule has 0 aliphatic carbocycles. The van der Waals surface area contributed by atoms with E-state index < -0.39 is 17.1 Å². The number of rotatable bonds is 13. The summed E-state index contributed by atoms with van der Waals surface area (Å²) in [5.41, 5.74) is 5.96. The molecule has 4 aromatic carbocycles. The SMILES string of the molecule is C=CC(=O)Cl.C=CC(=O)Nc1cccc(-n2c(NC(=O)c3ccno3)nc3cc(C=O)ccc32)c1.C=CC(=O)Nc1cccc(-n2c(NC(=O)c3ccno3)nc3cc(CO)ccc32)c1. The number of nitrogens with zero attached hydrogens (tertiary/aromatic N) is 6. The summed E-state index contributed by atoms with van der Waals surface area (Å²) < 4.78 is 13.2. The van der Waals surface area contributed by atoms with Gasteiger partial charge in [0.15, 0.2) is 0 Å². The smallest absolute Gasteiger partial charge is 0.296 e. The lowest BCUT2D eigenvalue weighted by atomic mass is 10.2. The van der Waals surface area contributed by atoms with Crippen LogP contribution in [-0.2, 0) is 21.0 Å². The van der Waals surface area contributed by atoms with Crippen molar-refractivity contribution in [3.63, 3.8) is 0 Å². The van der Waals surface area contributed by atoms with Crippen LogP contribution in [0, 0.1) is 0 Å². The van der Waals surface area contributed by atoms with Crippen LogP contribution in [0.3, 0.4) is 0 Å². The van der Waals surface area contributed by atoms with Crippen molar-refractivity contribution < 1.29 is 42.9 Å². The first-order valence-corrected chi connectivity index (χ1v) is 19.3. The van der Waals surface area contributed by atoms with Crippen LogP contribution >= 0.6 is 11.6 Å². The summed E-state index contributed by atoms with van der Waals surface area (Å²) in [4.78, 5) is 77.9. The number of aldehydes is 1. The van der Waals surface area contributed by atoms with Gasteiger partial charge < -0.3 is 24.8 Å². The van der Waals surface area contributed by atoms with E-state index in [0.717, 1.165) is 12.4 Å². The normalized spacial score (nSPS) is 10.3. The van der Waals surface area contributed by atoms with Gasteiger partial charge >= 0.3 is 0 Å². The molecule has 326 valence electrons. The number of imidazole rings is 2. The molecular weight excluding hydrogens is 860 g/mol. The molecule has 0 unspecified atom stereocenters. The van der Waals surface area contributed by atoms with Gasteiger partial charge in [-0.15, -0.1) is 0 Å². The van der Waals surface area contributed by atoms with Crippen LogP contribution < -0.4 is 21.3 Å². The lowest BCUT2D eigenvalue weighted by molar-refractivity contribution is -0.112. The van der Waals surface area contributed by atoms with Gasteiger partial charge in [-0.25, -0.2) is 9.97 Å². The molecule has 19 nitrogen and oxygen atoms in total. The number of aliphatic hydroxyl groups is 1. The van der Waals surface area contributed by atoms with E-state index in [4.69, 9.17) is 20.6 Å². The van der Waals surface area contributed by atoms with Gasteiger partial charge in [0.1, 0.15) is 6.29 Å². The van der Waals surface area contributed by atoms with Crippen molar-refractivity contribution in [3.8, 4) is 11.4 Å². The number of fused-ring (bicyclic) bond motifs is 2. The third-order valence-corrected chi connectivity index (χ3v) is 8.92. The number of carbonyl (C=O) groups is 6. The van der Waals surface area contributed by atoms with E-state index in [1.165, 1.54) is 36.7 Å². The van der Waals surface area contributed by atoms with Crippen molar-refractivity contribution in [2.75, 3.05) is 21.3 Å². The predicted molar refractivity (Wildman–Crippen MR) is 241 cm³/mol. The third-order valence-electron chi connectivity index (χ3n) is 8.77. The Hall–Kier alpha value is -9.07. The second kappa shape index (κ2) is 21.1. The summed E-state index contributed by atoms with van der Waals surface area (Å²) in [7, 11) is 0. The number of aliphatic hydroxyl groups excluding tert-OH is 1. The Morgan fingerprint density at radius 2 is 1.11 bits per heavy atom. The molecule has 0 bridgehead atoms. The second-order valence-electron chi connectivity index (χ2n) is 13.0. The van der Waals surface area contributed by atoms with E-state index in [-0.39, 0.29) is 41.8 Å². The molecule has 0 aliphatic rings. The average Bonchev–Trinajstić information content (AvgIpc) is 4.16. The van der Waals surface area contributed by atoms with Crippen LogP contribution in [0.5, 0.6) is 0 Å². The standard InChI is InChI=1S/C21H17N5O4.C21H15N5O4.C3H3ClO/c2*1-2-19(28)23-14-4-3-5-15(11-14)26-17-7-6-13(12-27)10-16(17)24-21(26)25-20(29)18-8-9-22-30-18;1-2-3(4)5/h2-11,27H,1,12H2,(H,23,28)(H,24,25,29);2-12H,1H2,(H,23,28)(H,24,25,29);2H,1H2. The Bertz CT molecular complexity index is 3080. The molecule has 4 amide bonds. The number of carbonyl (C=O) groups excluding carboxylic acids is 6. The zero-order chi connectivity index (χ0) is 46.5. The zero-order valence-corrected chi connectivity index (χ0v) is 34.6. The van der Waals surface area contributed by atoms with Crippen molar-refractivity contribution >= 4 is 92.1 Å². The number of halogens is 1. The van der Waals surface area contributed by atoms with Crippen LogP contribution in [0.1, 0.15) is 37.0 Å². The van der Waals surface area contributed by atoms with Crippen LogP contribution in [-0.4, -0.2) is 69.7 Å². The summed E-state index contributed by atoms with van der Waals surface area (Å²) in [6, 6.07) is 27.2. The van der Waals surface area contributed by atoms with Gasteiger partial charge in [0.2, 0.25) is 40.5 Å². The minimum atomic E-state index is -0.532. The average molecular weight is 895 g/mol. The van der Waals surface area contributed by atoms with E-state index in [0.29, 0.717) is 55.9 Å². The first-order valence-electron chi connectivity index (χ1n) is 18.9. The Labute approximate surface area is 372 Å². The molecule has 0 fully saturated rings. The number of nitrogens with one attached hydrogen (secondary N) is 4. The van der Waals surface area contributed by atoms with Gasteiger partial charge in [-0.2, -0.15) is 0 Å². The molecule has 20 heteroatoms. The summed E-state index contributed by atoms with van der Waals surface area (Å²) in [6.45, 7) is 9.83. The lowest BCUT2D eigenvalue weighted by Gasteiger charge is -2.11. The van der Waals surface area contributed by atoms with Crippen LogP contribution in [0.25, 0.3) is 33.4 Å². The number of amides is 4. The summed E-state index contributed by atoms with van der Waals surface area (Å²) >= 11 is 4.71. The van der Waals surface area contributed by atoms with E-state index in [1.807, 2.05) is 6.07 Å². The molecule has 4 aromatic heterocycles.